The highest BCUT2D eigenvalue weighted by Gasteiger charge is 2.51. The van der Waals surface area contributed by atoms with E-state index in [2.05, 4.69) is 44.0 Å². The Kier molecular flexibility index (Phi) is 7.76. The van der Waals surface area contributed by atoms with Crippen LogP contribution in [0.25, 0.3) is 0 Å². The summed E-state index contributed by atoms with van der Waals surface area (Å²) in [6.45, 7) is 12.2. The van der Waals surface area contributed by atoms with Crippen molar-refractivity contribution >= 4 is 14.0 Å². The fourth-order valence-corrected chi connectivity index (χ4v) is 4.82. The predicted molar refractivity (Wildman–Crippen MR) is 122 cm³/mol. The molecule has 2 unspecified atom stereocenters. The number of hydrogen-bond donors (Lipinski definition) is 1. The van der Waals surface area contributed by atoms with Crippen LogP contribution in [0.5, 0.6) is 0 Å². The van der Waals surface area contributed by atoms with Gasteiger partial charge in [0.1, 0.15) is 24.9 Å². The lowest BCUT2D eigenvalue weighted by Gasteiger charge is -2.40. The largest absolute Gasteiger partial charge is 0.408 e. The highest BCUT2D eigenvalue weighted by atomic mass is 28.4. The molecule has 0 saturated carbocycles. The first-order chi connectivity index (χ1) is 15.0. The molecule has 2 fully saturated rings. The van der Waals surface area contributed by atoms with Crippen LogP contribution in [0.4, 0.5) is 0 Å². The molecule has 180 valence electrons. The van der Waals surface area contributed by atoms with Crippen LogP contribution in [-0.2, 0) is 23.5 Å². The van der Waals surface area contributed by atoms with Gasteiger partial charge in [-0.05, 0) is 18.1 Å². The summed E-state index contributed by atoms with van der Waals surface area (Å²) >= 11 is 0. The first-order valence-electron chi connectivity index (χ1n) is 11.0. The molecule has 10 nitrogen and oxygen atoms in total. The van der Waals surface area contributed by atoms with Crippen molar-refractivity contribution in [1.29, 1.82) is 0 Å². The molecule has 0 amide bonds. The van der Waals surface area contributed by atoms with E-state index in [1.54, 1.807) is 7.11 Å². The van der Waals surface area contributed by atoms with Gasteiger partial charge in [0.2, 0.25) is 0 Å². The van der Waals surface area contributed by atoms with Crippen molar-refractivity contribution in [2.24, 2.45) is 5.16 Å². The number of oxime groups is 1. The second kappa shape index (κ2) is 10.00. The van der Waals surface area contributed by atoms with Crippen molar-refractivity contribution < 1.29 is 23.5 Å². The van der Waals surface area contributed by atoms with Crippen LogP contribution in [0, 0.1) is 0 Å². The topological polar surface area (TPSA) is 113 Å². The van der Waals surface area contributed by atoms with E-state index in [1.165, 1.54) is 16.8 Å². The summed E-state index contributed by atoms with van der Waals surface area (Å²) in [6, 6.07) is 1.28. The Hall–Kier alpha value is -1.79. The first kappa shape index (κ1) is 24.8. The maximum Gasteiger partial charge on any atom is 0.330 e. The molecule has 1 aromatic heterocycles. The van der Waals surface area contributed by atoms with Gasteiger partial charge in [-0.15, -0.1) is 0 Å². The zero-order valence-electron chi connectivity index (χ0n) is 19.8. The highest BCUT2D eigenvalue weighted by Crippen LogP contribution is 2.41. The van der Waals surface area contributed by atoms with E-state index >= 15 is 0 Å². The molecule has 2 saturated heterocycles. The molecule has 32 heavy (non-hydrogen) atoms. The van der Waals surface area contributed by atoms with E-state index in [9.17, 15) is 9.59 Å². The van der Waals surface area contributed by atoms with E-state index in [0.717, 1.165) is 18.6 Å². The maximum absolute atomic E-state index is 12.4. The van der Waals surface area contributed by atoms with Crippen molar-refractivity contribution in [3.05, 3.63) is 33.1 Å². The molecular weight excluding hydrogens is 434 g/mol. The average molecular weight is 470 g/mol. The molecule has 2 aliphatic rings. The second-order valence-electron chi connectivity index (χ2n) is 9.69. The van der Waals surface area contributed by atoms with Crippen LogP contribution < -0.4 is 11.2 Å². The maximum atomic E-state index is 12.4. The van der Waals surface area contributed by atoms with Gasteiger partial charge in [-0.25, -0.2) is 4.79 Å². The first-order valence-corrected chi connectivity index (χ1v) is 13.9. The number of hydrogen-bond acceptors (Lipinski definition) is 8. The summed E-state index contributed by atoms with van der Waals surface area (Å²) in [5.74, 6) is 0. The van der Waals surface area contributed by atoms with Gasteiger partial charge in [0, 0.05) is 32.2 Å². The summed E-state index contributed by atoms with van der Waals surface area (Å²) in [7, 11) is -0.647. The van der Waals surface area contributed by atoms with Gasteiger partial charge in [0.05, 0.1) is 18.9 Å². The molecular formula is C21H35N3O7Si. The fourth-order valence-electron chi connectivity index (χ4n) is 3.50. The summed E-state index contributed by atoms with van der Waals surface area (Å²) in [6.07, 6.45) is 0.561. The molecule has 3 rings (SSSR count). The number of aromatic nitrogens is 2. The lowest BCUT2D eigenvalue weighted by atomic mass is 10.1. The van der Waals surface area contributed by atoms with E-state index < -0.39 is 44.1 Å². The van der Waals surface area contributed by atoms with Gasteiger partial charge in [-0.2, -0.15) is 0 Å². The SMILES string of the molecule is COC1C(O[Si](C)(C)C(C)(C)C)[C@@H](CON=C2CCOCC2)O[C@H]1n1ccc(=O)[nH]c1=O. The van der Waals surface area contributed by atoms with Crippen LogP contribution in [0.2, 0.25) is 18.1 Å². The number of nitrogens with zero attached hydrogens (tertiary/aromatic N) is 2. The van der Waals surface area contributed by atoms with Crippen LogP contribution in [0.15, 0.2) is 27.0 Å². The molecule has 0 radical (unpaired) electrons. The normalized spacial score (nSPS) is 26.9. The van der Waals surface area contributed by atoms with Gasteiger partial charge in [-0.3, -0.25) is 14.3 Å². The molecule has 1 aromatic rings. The molecule has 0 spiro atoms. The number of methoxy groups -OCH3 is 1. The Morgan fingerprint density at radius 1 is 1.22 bits per heavy atom. The number of ether oxygens (including phenoxy) is 3. The lowest BCUT2D eigenvalue weighted by molar-refractivity contribution is -0.0718. The molecule has 2 aliphatic heterocycles. The smallest absolute Gasteiger partial charge is 0.330 e. The van der Waals surface area contributed by atoms with Gasteiger partial charge < -0.3 is 23.5 Å². The van der Waals surface area contributed by atoms with Crippen molar-refractivity contribution in [2.75, 3.05) is 26.9 Å². The highest BCUT2D eigenvalue weighted by molar-refractivity contribution is 6.74. The average Bonchev–Trinajstić information content (AvgIpc) is 3.04. The van der Waals surface area contributed by atoms with Crippen LogP contribution in [0.1, 0.15) is 39.8 Å². The molecule has 0 aliphatic carbocycles. The van der Waals surface area contributed by atoms with Crippen molar-refractivity contribution in [3.8, 4) is 0 Å². The predicted octanol–water partition coefficient (Wildman–Crippen LogP) is 2.02. The number of aromatic amines is 1. The lowest BCUT2D eigenvalue weighted by Crippen LogP contribution is -2.50. The van der Waals surface area contributed by atoms with E-state index in [0.29, 0.717) is 13.2 Å². The summed E-state index contributed by atoms with van der Waals surface area (Å²) in [4.78, 5) is 31.9. The Labute approximate surface area is 189 Å². The molecule has 0 aromatic carbocycles. The van der Waals surface area contributed by atoms with Gasteiger partial charge in [0.25, 0.3) is 5.56 Å². The number of rotatable bonds is 7. The van der Waals surface area contributed by atoms with E-state index in [-0.39, 0.29) is 11.6 Å². The summed E-state index contributed by atoms with van der Waals surface area (Å²) in [5.41, 5.74) is -0.0908. The number of nitrogens with one attached hydrogen (secondary N) is 1. The minimum Gasteiger partial charge on any atom is -0.408 e. The van der Waals surface area contributed by atoms with Crippen LogP contribution in [0.3, 0.4) is 0 Å². The third kappa shape index (κ3) is 5.57. The Morgan fingerprint density at radius 2 is 1.91 bits per heavy atom. The van der Waals surface area contributed by atoms with Crippen molar-refractivity contribution in [3.63, 3.8) is 0 Å². The molecule has 4 atom stereocenters. The Balaban J connectivity index is 1.86. The summed E-state index contributed by atoms with van der Waals surface area (Å²) in [5, 5.41) is 4.22. The Bertz CT molecular complexity index is 913. The van der Waals surface area contributed by atoms with E-state index in [4.69, 9.17) is 23.5 Å². The van der Waals surface area contributed by atoms with Crippen molar-refractivity contribution in [2.45, 2.75) is 76.3 Å². The third-order valence-corrected chi connectivity index (χ3v) is 10.9. The monoisotopic (exact) mass is 469 g/mol. The quantitative estimate of drug-likeness (QED) is 0.480. The van der Waals surface area contributed by atoms with Gasteiger partial charge in [-0.1, -0.05) is 25.9 Å². The molecule has 3 heterocycles. The minimum atomic E-state index is -2.21. The zero-order chi connectivity index (χ0) is 23.5. The third-order valence-electron chi connectivity index (χ3n) is 6.42. The zero-order valence-corrected chi connectivity index (χ0v) is 20.8. The minimum absolute atomic E-state index is 0.0358. The molecule has 0 bridgehead atoms. The number of H-pyrrole nitrogens is 1. The van der Waals surface area contributed by atoms with Crippen LogP contribution in [-0.4, -0.2) is 68.8 Å². The van der Waals surface area contributed by atoms with Crippen LogP contribution >= 0.6 is 0 Å². The Morgan fingerprint density at radius 3 is 2.50 bits per heavy atom. The summed E-state index contributed by atoms with van der Waals surface area (Å²) < 4.78 is 25.4. The van der Waals surface area contributed by atoms with Gasteiger partial charge >= 0.3 is 5.69 Å². The molecule has 11 heteroatoms. The van der Waals surface area contributed by atoms with Crippen molar-refractivity contribution in [1.82, 2.24) is 9.55 Å². The molecule has 1 N–H and O–H groups in total. The van der Waals surface area contributed by atoms with Gasteiger partial charge in [0.15, 0.2) is 14.5 Å². The standard InChI is InChI=1S/C21H35N3O7Si/c1-21(2,3)32(5,6)31-17-15(13-29-23-14-8-11-28-12-9-14)30-19(18(17)27-4)24-10-7-16(25)22-20(24)26/h7,10,15,17-19H,8-9,11-13H2,1-6H3,(H,22,25,26)/t15-,17?,18?,19-/m1/s1. The second-order valence-corrected chi connectivity index (χ2v) is 14.4. The van der Waals surface area contributed by atoms with E-state index in [1.807, 2.05) is 0 Å². The fraction of sp³-hybridized carbons (Fsp3) is 0.762.